The van der Waals surface area contributed by atoms with Crippen LogP contribution >= 0.6 is 27.3 Å². The lowest BCUT2D eigenvalue weighted by atomic mass is 10.1. The Morgan fingerprint density at radius 2 is 2.10 bits per heavy atom. The molecule has 1 aliphatic rings. The Kier molecular flexibility index (Phi) is 6.22. The van der Waals surface area contributed by atoms with E-state index >= 15 is 0 Å². The number of hydrogen-bond acceptors (Lipinski definition) is 4. The van der Waals surface area contributed by atoms with Crippen molar-refractivity contribution in [1.29, 1.82) is 0 Å². The molecular formula is C15H24BrN3OS. The van der Waals surface area contributed by atoms with Crippen LogP contribution in [0.25, 0.3) is 0 Å². The average Bonchev–Trinajstić information content (AvgIpc) is 2.80. The van der Waals surface area contributed by atoms with E-state index in [0.29, 0.717) is 25.2 Å². The fourth-order valence-corrected chi connectivity index (χ4v) is 4.36. The maximum atomic E-state index is 12.5. The molecule has 4 nitrogen and oxygen atoms in total. The summed E-state index contributed by atoms with van der Waals surface area (Å²) in [4.78, 5) is 18.0. The quantitative estimate of drug-likeness (QED) is 0.861. The lowest BCUT2D eigenvalue weighted by Crippen LogP contribution is -2.56. The number of halogens is 1. The molecule has 1 aromatic rings. The number of piperazine rings is 1. The lowest BCUT2D eigenvalue weighted by Gasteiger charge is -2.36. The second-order valence-corrected chi connectivity index (χ2v) is 8.32. The van der Waals surface area contributed by atoms with Crippen LogP contribution in [0.5, 0.6) is 0 Å². The number of nitrogens with one attached hydrogen (secondary N) is 1. The average molecular weight is 374 g/mol. The summed E-state index contributed by atoms with van der Waals surface area (Å²) in [5.74, 6) is 0.225. The number of rotatable bonds is 5. The van der Waals surface area contributed by atoms with Gasteiger partial charge in [-0.3, -0.25) is 9.69 Å². The molecule has 0 radical (unpaired) electrons. The maximum absolute atomic E-state index is 12.5. The predicted octanol–water partition coefficient (Wildman–Crippen LogP) is 2.54. The molecule has 1 N–H and O–H groups in total. The van der Waals surface area contributed by atoms with Crippen LogP contribution < -0.4 is 5.32 Å². The zero-order chi connectivity index (χ0) is 15.4. The van der Waals surface area contributed by atoms with Gasteiger partial charge in [0.2, 0.25) is 5.91 Å². The fraction of sp³-hybridized carbons (Fsp3) is 0.667. The molecule has 0 aromatic carbocycles. The Bertz CT molecular complexity index is 469. The van der Waals surface area contributed by atoms with Crippen molar-refractivity contribution in [2.24, 2.45) is 0 Å². The van der Waals surface area contributed by atoms with Gasteiger partial charge < -0.3 is 10.2 Å². The van der Waals surface area contributed by atoms with Crippen LogP contribution in [0, 0.1) is 0 Å². The number of nitrogens with zero attached hydrogens (tertiary/aromatic N) is 2. The molecule has 1 amide bonds. The van der Waals surface area contributed by atoms with Gasteiger partial charge in [-0.15, -0.1) is 11.3 Å². The Morgan fingerprint density at radius 3 is 2.62 bits per heavy atom. The normalized spacial score (nSPS) is 23.2. The second kappa shape index (κ2) is 7.72. The van der Waals surface area contributed by atoms with Gasteiger partial charge in [0.25, 0.3) is 0 Å². The zero-order valence-electron chi connectivity index (χ0n) is 12.9. The van der Waals surface area contributed by atoms with Crippen LogP contribution in [0.2, 0.25) is 0 Å². The molecule has 21 heavy (non-hydrogen) atoms. The highest BCUT2D eigenvalue weighted by Crippen LogP contribution is 2.23. The van der Waals surface area contributed by atoms with Gasteiger partial charge >= 0.3 is 0 Å². The molecule has 2 rings (SSSR count). The lowest BCUT2D eigenvalue weighted by molar-refractivity contribution is -0.133. The minimum Gasteiger partial charge on any atom is -0.337 e. The van der Waals surface area contributed by atoms with Gasteiger partial charge in [-0.1, -0.05) is 0 Å². The summed E-state index contributed by atoms with van der Waals surface area (Å²) >= 11 is 5.17. The van der Waals surface area contributed by atoms with E-state index in [4.69, 9.17) is 0 Å². The van der Waals surface area contributed by atoms with Crippen LogP contribution in [-0.2, 0) is 11.3 Å². The van der Waals surface area contributed by atoms with E-state index in [2.05, 4.69) is 46.1 Å². The van der Waals surface area contributed by atoms with Crippen molar-refractivity contribution in [3.63, 3.8) is 0 Å². The minimum absolute atomic E-state index is 0.225. The van der Waals surface area contributed by atoms with Gasteiger partial charge in [0.05, 0.1) is 16.9 Å². The van der Waals surface area contributed by atoms with E-state index in [9.17, 15) is 4.79 Å². The Balaban J connectivity index is 1.90. The standard InChI is InChI=1S/C15H24BrN3OS/c1-4-19(9-13-5-6-14(16)21-13)15(20)10-18-7-11(2)17-12(3)8-18/h5-6,11-12,17H,4,7-10H2,1-3H3. The second-order valence-electron chi connectivity index (χ2n) is 5.78. The van der Waals surface area contributed by atoms with Crippen LogP contribution in [-0.4, -0.2) is 54.0 Å². The fourth-order valence-electron chi connectivity index (χ4n) is 2.86. The highest BCUT2D eigenvalue weighted by molar-refractivity contribution is 9.11. The van der Waals surface area contributed by atoms with Crippen molar-refractivity contribution >= 4 is 33.2 Å². The van der Waals surface area contributed by atoms with E-state index in [1.165, 1.54) is 4.88 Å². The molecular weight excluding hydrogens is 350 g/mol. The summed E-state index contributed by atoms with van der Waals surface area (Å²) in [5.41, 5.74) is 0. The van der Waals surface area contributed by atoms with Gasteiger partial charge in [0.15, 0.2) is 0 Å². The number of carbonyl (C=O) groups is 1. The van der Waals surface area contributed by atoms with Crippen LogP contribution in [0.15, 0.2) is 15.9 Å². The van der Waals surface area contributed by atoms with Gasteiger partial charge in [-0.05, 0) is 48.8 Å². The van der Waals surface area contributed by atoms with Crippen LogP contribution in [0.3, 0.4) is 0 Å². The smallest absolute Gasteiger partial charge is 0.237 e. The number of likely N-dealkylation sites (N-methyl/N-ethyl adjacent to an activating group) is 1. The Labute approximate surface area is 139 Å². The van der Waals surface area contributed by atoms with Gasteiger partial charge in [0, 0.05) is 36.6 Å². The van der Waals surface area contributed by atoms with Gasteiger partial charge in [0.1, 0.15) is 0 Å². The molecule has 0 saturated carbocycles. The minimum atomic E-state index is 0.225. The van der Waals surface area contributed by atoms with Crippen molar-refractivity contribution in [2.45, 2.75) is 39.4 Å². The molecule has 1 aromatic heterocycles. The van der Waals surface area contributed by atoms with Gasteiger partial charge in [-0.25, -0.2) is 0 Å². The zero-order valence-corrected chi connectivity index (χ0v) is 15.3. The Morgan fingerprint density at radius 1 is 1.43 bits per heavy atom. The van der Waals surface area contributed by atoms with Gasteiger partial charge in [-0.2, -0.15) is 0 Å². The largest absolute Gasteiger partial charge is 0.337 e. The highest BCUT2D eigenvalue weighted by Gasteiger charge is 2.24. The molecule has 2 heterocycles. The first-order chi connectivity index (χ1) is 9.97. The maximum Gasteiger partial charge on any atom is 0.237 e. The van der Waals surface area contributed by atoms with E-state index in [0.717, 1.165) is 23.4 Å². The molecule has 0 bridgehead atoms. The summed E-state index contributed by atoms with van der Waals surface area (Å²) in [6.45, 7) is 10.3. The molecule has 1 aliphatic heterocycles. The molecule has 0 spiro atoms. The van der Waals surface area contributed by atoms with Crippen molar-refractivity contribution in [2.75, 3.05) is 26.2 Å². The number of amides is 1. The van der Waals surface area contributed by atoms with E-state index in [-0.39, 0.29) is 5.91 Å². The molecule has 118 valence electrons. The number of thiophene rings is 1. The summed E-state index contributed by atoms with van der Waals surface area (Å²) in [6.07, 6.45) is 0. The SMILES string of the molecule is CCN(Cc1ccc(Br)s1)C(=O)CN1CC(C)NC(C)C1. The van der Waals surface area contributed by atoms with E-state index in [1.807, 2.05) is 17.9 Å². The monoisotopic (exact) mass is 373 g/mol. The van der Waals surface area contributed by atoms with E-state index < -0.39 is 0 Å². The number of hydrogen-bond donors (Lipinski definition) is 1. The first-order valence-corrected chi connectivity index (χ1v) is 9.09. The molecule has 0 aliphatic carbocycles. The first kappa shape index (κ1) is 16.9. The Hall–Kier alpha value is -0.430. The summed E-state index contributed by atoms with van der Waals surface area (Å²) < 4.78 is 1.12. The molecule has 1 fully saturated rings. The third kappa shape index (κ3) is 5.06. The molecule has 2 unspecified atom stereocenters. The van der Waals surface area contributed by atoms with Crippen molar-refractivity contribution in [3.8, 4) is 0 Å². The molecule has 2 atom stereocenters. The summed E-state index contributed by atoms with van der Waals surface area (Å²) in [7, 11) is 0. The predicted molar refractivity (Wildman–Crippen MR) is 91.6 cm³/mol. The van der Waals surface area contributed by atoms with Crippen LogP contribution in [0.4, 0.5) is 0 Å². The van der Waals surface area contributed by atoms with E-state index in [1.54, 1.807) is 11.3 Å². The summed E-state index contributed by atoms with van der Waals surface area (Å²) in [5, 5.41) is 3.50. The molecule has 1 saturated heterocycles. The molecule has 6 heteroatoms. The highest BCUT2D eigenvalue weighted by atomic mass is 79.9. The first-order valence-electron chi connectivity index (χ1n) is 7.48. The third-order valence-electron chi connectivity index (χ3n) is 3.70. The topological polar surface area (TPSA) is 35.6 Å². The van der Waals surface area contributed by atoms with Crippen molar-refractivity contribution < 1.29 is 4.79 Å². The van der Waals surface area contributed by atoms with Crippen LogP contribution in [0.1, 0.15) is 25.6 Å². The third-order valence-corrected chi connectivity index (χ3v) is 5.31. The van der Waals surface area contributed by atoms with Crippen molar-refractivity contribution in [1.82, 2.24) is 15.1 Å². The van der Waals surface area contributed by atoms with Crippen molar-refractivity contribution in [3.05, 3.63) is 20.8 Å². The number of carbonyl (C=O) groups excluding carboxylic acids is 1. The summed E-state index contributed by atoms with van der Waals surface area (Å²) in [6, 6.07) is 5.02.